The van der Waals surface area contributed by atoms with Crippen LogP contribution in [-0.2, 0) is 4.74 Å². The van der Waals surface area contributed by atoms with E-state index in [1.807, 2.05) is 20.8 Å². The summed E-state index contributed by atoms with van der Waals surface area (Å²) in [5.74, 6) is 1.86. The summed E-state index contributed by atoms with van der Waals surface area (Å²) in [4.78, 5) is 13.5. The van der Waals surface area contributed by atoms with E-state index in [-0.39, 0.29) is 12.7 Å². The number of rotatable bonds is 2. The molecule has 0 aromatic carbocycles. The number of likely N-dealkylation sites (tertiary alicyclic amines) is 1. The minimum absolute atomic E-state index is 0.192. The summed E-state index contributed by atoms with van der Waals surface area (Å²) in [6.45, 7) is 7.54. The maximum atomic E-state index is 11.7. The predicted molar refractivity (Wildman–Crippen MR) is 60.0 cm³/mol. The molecule has 4 heteroatoms. The molecule has 1 N–H and O–H groups in total. The summed E-state index contributed by atoms with van der Waals surface area (Å²) >= 11 is 0. The topological polar surface area (TPSA) is 49.8 Å². The third kappa shape index (κ3) is 2.32. The zero-order valence-corrected chi connectivity index (χ0v) is 10.3. The molecule has 0 aromatic heterocycles. The predicted octanol–water partition coefficient (Wildman–Crippen LogP) is 1.48. The molecule has 1 heterocycles. The SMILES string of the molecule is CC(C)(C)OC(=O)N1CC2C(CCO)C2C1. The van der Waals surface area contributed by atoms with Gasteiger partial charge in [0.05, 0.1) is 0 Å². The second-order valence-electron chi connectivity index (χ2n) is 5.89. The maximum absolute atomic E-state index is 11.7. The van der Waals surface area contributed by atoms with E-state index in [2.05, 4.69) is 0 Å². The third-order valence-electron chi connectivity index (χ3n) is 3.49. The molecule has 92 valence electrons. The van der Waals surface area contributed by atoms with Crippen LogP contribution in [0.25, 0.3) is 0 Å². The molecule has 2 rings (SSSR count). The summed E-state index contributed by atoms with van der Waals surface area (Å²) in [7, 11) is 0. The molecule has 2 atom stereocenters. The Morgan fingerprint density at radius 1 is 1.38 bits per heavy atom. The van der Waals surface area contributed by atoms with Gasteiger partial charge in [0.25, 0.3) is 0 Å². The lowest BCUT2D eigenvalue weighted by atomic mass is 10.2. The number of hydrogen-bond acceptors (Lipinski definition) is 3. The summed E-state index contributed by atoms with van der Waals surface area (Å²) in [5, 5.41) is 8.85. The van der Waals surface area contributed by atoms with Crippen LogP contribution in [0.15, 0.2) is 0 Å². The van der Waals surface area contributed by atoms with E-state index in [1.165, 1.54) is 0 Å². The van der Waals surface area contributed by atoms with Gasteiger partial charge in [-0.2, -0.15) is 0 Å². The third-order valence-corrected chi connectivity index (χ3v) is 3.49. The van der Waals surface area contributed by atoms with Gasteiger partial charge in [0.1, 0.15) is 5.60 Å². The van der Waals surface area contributed by atoms with Crippen molar-refractivity contribution in [3.8, 4) is 0 Å². The Labute approximate surface area is 96.6 Å². The van der Waals surface area contributed by atoms with E-state index in [0.29, 0.717) is 17.8 Å². The lowest BCUT2D eigenvalue weighted by molar-refractivity contribution is 0.0264. The first kappa shape index (κ1) is 11.7. The van der Waals surface area contributed by atoms with Crippen molar-refractivity contribution in [3.63, 3.8) is 0 Å². The van der Waals surface area contributed by atoms with Crippen molar-refractivity contribution in [2.75, 3.05) is 19.7 Å². The zero-order chi connectivity index (χ0) is 11.9. The molecule has 4 nitrogen and oxygen atoms in total. The quantitative estimate of drug-likeness (QED) is 0.777. The van der Waals surface area contributed by atoms with Gasteiger partial charge in [-0.1, -0.05) is 0 Å². The molecule has 2 aliphatic rings. The first-order valence-corrected chi connectivity index (χ1v) is 6.01. The highest BCUT2D eigenvalue weighted by molar-refractivity contribution is 5.68. The molecule has 0 aromatic rings. The van der Waals surface area contributed by atoms with Gasteiger partial charge < -0.3 is 14.7 Å². The summed E-state index contributed by atoms with van der Waals surface area (Å²) in [6.07, 6.45) is 0.694. The molecule has 2 unspecified atom stereocenters. The minimum atomic E-state index is -0.408. The van der Waals surface area contributed by atoms with E-state index in [9.17, 15) is 4.79 Å². The van der Waals surface area contributed by atoms with Gasteiger partial charge in [-0.25, -0.2) is 4.79 Å². The number of carbonyl (C=O) groups excluding carboxylic acids is 1. The molecule has 1 amide bonds. The van der Waals surface area contributed by atoms with Crippen LogP contribution < -0.4 is 0 Å². The Kier molecular flexibility index (Phi) is 2.86. The highest BCUT2D eigenvalue weighted by Crippen LogP contribution is 2.53. The molecule has 0 bridgehead atoms. The molecular weight excluding hydrogens is 206 g/mol. The molecule has 0 spiro atoms. The number of amides is 1. The monoisotopic (exact) mass is 227 g/mol. The van der Waals surface area contributed by atoms with Gasteiger partial charge in [0.15, 0.2) is 0 Å². The van der Waals surface area contributed by atoms with Crippen LogP contribution in [0.2, 0.25) is 0 Å². The number of nitrogens with zero attached hydrogens (tertiary/aromatic N) is 1. The van der Waals surface area contributed by atoms with Crippen molar-refractivity contribution in [2.24, 2.45) is 17.8 Å². The Balaban J connectivity index is 1.78. The standard InChI is InChI=1S/C12H21NO3/c1-12(2,3)16-11(15)13-6-9-8(4-5-14)10(9)7-13/h8-10,14H,4-7H2,1-3H3. The van der Waals surface area contributed by atoms with Crippen molar-refractivity contribution in [2.45, 2.75) is 32.8 Å². The zero-order valence-electron chi connectivity index (χ0n) is 10.3. The van der Waals surface area contributed by atoms with Crippen LogP contribution in [0.1, 0.15) is 27.2 Å². The summed E-state index contributed by atoms with van der Waals surface area (Å²) in [5.41, 5.74) is -0.408. The molecule has 0 radical (unpaired) electrons. The van der Waals surface area contributed by atoms with Crippen LogP contribution >= 0.6 is 0 Å². The molecular formula is C12H21NO3. The van der Waals surface area contributed by atoms with Crippen molar-refractivity contribution < 1.29 is 14.6 Å². The minimum Gasteiger partial charge on any atom is -0.444 e. The number of aliphatic hydroxyl groups is 1. The first-order chi connectivity index (χ1) is 7.42. The molecule has 1 aliphatic carbocycles. The van der Waals surface area contributed by atoms with Crippen molar-refractivity contribution in [1.29, 1.82) is 0 Å². The Morgan fingerprint density at radius 3 is 2.38 bits per heavy atom. The Bertz CT molecular complexity index is 272. The summed E-state index contributed by atoms with van der Waals surface area (Å²) in [6, 6.07) is 0. The van der Waals surface area contributed by atoms with E-state index >= 15 is 0 Å². The highest BCUT2D eigenvalue weighted by Gasteiger charge is 2.56. The van der Waals surface area contributed by atoms with Crippen LogP contribution in [0, 0.1) is 17.8 Å². The summed E-state index contributed by atoms with van der Waals surface area (Å²) < 4.78 is 5.32. The van der Waals surface area contributed by atoms with Crippen molar-refractivity contribution in [1.82, 2.24) is 4.90 Å². The second kappa shape index (κ2) is 3.91. The van der Waals surface area contributed by atoms with Crippen molar-refractivity contribution >= 4 is 6.09 Å². The van der Waals surface area contributed by atoms with Gasteiger partial charge >= 0.3 is 6.09 Å². The number of piperidine rings is 1. The largest absolute Gasteiger partial charge is 0.444 e. The molecule has 2 fully saturated rings. The van der Waals surface area contributed by atoms with E-state index in [4.69, 9.17) is 9.84 Å². The van der Waals surface area contributed by atoms with Crippen LogP contribution in [0.3, 0.4) is 0 Å². The number of hydrogen-bond donors (Lipinski definition) is 1. The van der Waals surface area contributed by atoms with E-state index < -0.39 is 5.60 Å². The second-order valence-corrected chi connectivity index (χ2v) is 5.89. The number of carbonyl (C=O) groups is 1. The normalized spacial score (nSPS) is 32.5. The van der Waals surface area contributed by atoms with Crippen LogP contribution in [0.5, 0.6) is 0 Å². The molecule has 1 saturated heterocycles. The number of fused-ring (bicyclic) bond motifs is 1. The van der Waals surface area contributed by atoms with E-state index in [0.717, 1.165) is 19.5 Å². The smallest absolute Gasteiger partial charge is 0.410 e. The van der Waals surface area contributed by atoms with Gasteiger partial charge in [-0.15, -0.1) is 0 Å². The Morgan fingerprint density at radius 2 is 1.94 bits per heavy atom. The fraction of sp³-hybridized carbons (Fsp3) is 0.917. The molecule has 16 heavy (non-hydrogen) atoms. The van der Waals surface area contributed by atoms with Gasteiger partial charge in [-0.05, 0) is 44.9 Å². The highest BCUT2D eigenvalue weighted by atomic mass is 16.6. The van der Waals surface area contributed by atoms with Crippen LogP contribution in [-0.4, -0.2) is 41.4 Å². The molecule has 1 aliphatic heterocycles. The maximum Gasteiger partial charge on any atom is 0.410 e. The number of aliphatic hydroxyl groups excluding tert-OH is 1. The van der Waals surface area contributed by atoms with E-state index in [1.54, 1.807) is 4.90 Å². The Hall–Kier alpha value is -0.770. The fourth-order valence-electron chi connectivity index (χ4n) is 2.70. The lowest BCUT2D eigenvalue weighted by Crippen LogP contribution is -2.37. The first-order valence-electron chi connectivity index (χ1n) is 6.01. The lowest BCUT2D eigenvalue weighted by Gasteiger charge is -2.25. The van der Waals surface area contributed by atoms with Gasteiger partial charge in [0.2, 0.25) is 0 Å². The molecule has 1 saturated carbocycles. The van der Waals surface area contributed by atoms with Gasteiger partial charge in [-0.3, -0.25) is 0 Å². The van der Waals surface area contributed by atoms with Crippen LogP contribution in [0.4, 0.5) is 4.79 Å². The average molecular weight is 227 g/mol. The average Bonchev–Trinajstić information content (AvgIpc) is 2.60. The van der Waals surface area contributed by atoms with Crippen molar-refractivity contribution in [3.05, 3.63) is 0 Å². The van der Waals surface area contributed by atoms with Gasteiger partial charge in [0, 0.05) is 19.7 Å². The number of ether oxygens (including phenoxy) is 1. The fourth-order valence-corrected chi connectivity index (χ4v) is 2.70.